The zero-order chi connectivity index (χ0) is 13.3. The zero-order valence-electron chi connectivity index (χ0n) is 10.5. The van der Waals surface area contributed by atoms with E-state index in [1.54, 1.807) is 6.92 Å². The third-order valence-corrected chi connectivity index (χ3v) is 4.34. The van der Waals surface area contributed by atoms with Gasteiger partial charge in [-0.3, -0.25) is 0 Å². The summed E-state index contributed by atoms with van der Waals surface area (Å²) in [5.74, 6) is -1.11. The van der Waals surface area contributed by atoms with Crippen LogP contribution < -0.4 is 5.73 Å². The molecule has 0 heterocycles. The monoisotopic (exact) mass is 273 g/mol. The van der Waals surface area contributed by atoms with Crippen LogP contribution in [0.5, 0.6) is 0 Å². The van der Waals surface area contributed by atoms with E-state index in [4.69, 9.17) is 17.3 Å². The van der Waals surface area contributed by atoms with Gasteiger partial charge in [0.05, 0.1) is 5.02 Å². The maximum atomic E-state index is 14.3. The van der Waals surface area contributed by atoms with E-state index in [2.05, 4.69) is 0 Å². The van der Waals surface area contributed by atoms with E-state index < -0.39 is 17.0 Å². The Morgan fingerprint density at radius 2 is 1.83 bits per heavy atom. The van der Waals surface area contributed by atoms with Gasteiger partial charge in [-0.25, -0.2) is 8.78 Å². The van der Waals surface area contributed by atoms with Crippen LogP contribution >= 0.6 is 11.6 Å². The van der Waals surface area contributed by atoms with Gasteiger partial charge in [0.25, 0.3) is 0 Å². The molecule has 2 rings (SSSR count). The molecule has 0 bridgehead atoms. The first kappa shape index (κ1) is 13.8. The highest BCUT2D eigenvalue weighted by Crippen LogP contribution is 2.43. The van der Waals surface area contributed by atoms with E-state index >= 15 is 0 Å². The Hall–Kier alpha value is -0.670. The molecule has 0 amide bonds. The van der Waals surface area contributed by atoms with Crippen LogP contribution in [0.25, 0.3) is 0 Å². The molecule has 1 aromatic carbocycles. The second-order valence-electron chi connectivity index (χ2n) is 5.22. The van der Waals surface area contributed by atoms with Crippen molar-refractivity contribution in [1.29, 1.82) is 0 Å². The predicted octanol–water partition coefficient (Wildman–Crippen LogP) is 4.09. The van der Waals surface area contributed by atoms with Crippen LogP contribution in [0.3, 0.4) is 0 Å². The van der Waals surface area contributed by atoms with Crippen molar-refractivity contribution in [2.45, 2.75) is 44.4 Å². The fourth-order valence-electron chi connectivity index (χ4n) is 2.98. The molecule has 0 aromatic heterocycles. The van der Waals surface area contributed by atoms with Crippen molar-refractivity contribution in [3.05, 3.63) is 33.9 Å². The number of nitrogens with two attached hydrogens (primary N) is 1. The van der Waals surface area contributed by atoms with Gasteiger partial charge in [-0.2, -0.15) is 0 Å². The number of aryl methyl sites for hydroxylation is 1. The first-order valence-corrected chi connectivity index (χ1v) is 6.74. The van der Waals surface area contributed by atoms with Crippen molar-refractivity contribution < 1.29 is 8.78 Å². The SMILES string of the molecule is Cc1cc(Cl)c(F)c(C2(CN)CCCCC2)c1F. The average molecular weight is 274 g/mol. The minimum Gasteiger partial charge on any atom is -0.330 e. The summed E-state index contributed by atoms with van der Waals surface area (Å²) < 4.78 is 28.5. The van der Waals surface area contributed by atoms with Crippen molar-refractivity contribution in [3.63, 3.8) is 0 Å². The normalized spacial score (nSPS) is 18.9. The largest absolute Gasteiger partial charge is 0.330 e. The summed E-state index contributed by atoms with van der Waals surface area (Å²) in [6, 6.07) is 1.34. The van der Waals surface area contributed by atoms with Gasteiger partial charge in [-0.15, -0.1) is 0 Å². The molecule has 1 saturated carbocycles. The standard InChI is InChI=1S/C14H18ClF2N/c1-9-7-10(15)13(17)11(12(9)16)14(8-18)5-3-2-4-6-14/h7H,2-6,8,18H2,1H3. The summed E-state index contributed by atoms with van der Waals surface area (Å²) in [7, 11) is 0. The minimum atomic E-state index is -0.632. The first-order chi connectivity index (χ1) is 8.52. The van der Waals surface area contributed by atoms with E-state index in [9.17, 15) is 8.78 Å². The van der Waals surface area contributed by atoms with Gasteiger partial charge in [0.1, 0.15) is 11.6 Å². The molecule has 2 N–H and O–H groups in total. The molecule has 0 unspecified atom stereocenters. The van der Waals surface area contributed by atoms with Gasteiger partial charge < -0.3 is 5.73 Å². The third kappa shape index (κ3) is 2.14. The topological polar surface area (TPSA) is 26.0 Å². The molecule has 1 aliphatic carbocycles. The number of rotatable bonds is 2. The Morgan fingerprint density at radius 1 is 1.22 bits per heavy atom. The van der Waals surface area contributed by atoms with Crippen molar-refractivity contribution in [2.75, 3.05) is 6.54 Å². The molecule has 4 heteroatoms. The summed E-state index contributed by atoms with van der Waals surface area (Å²) in [4.78, 5) is 0. The lowest BCUT2D eigenvalue weighted by molar-refractivity contribution is 0.281. The highest BCUT2D eigenvalue weighted by Gasteiger charge is 2.38. The molecule has 0 radical (unpaired) electrons. The van der Waals surface area contributed by atoms with Crippen LogP contribution in [0.4, 0.5) is 8.78 Å². The van der Waals surface area contributed by atoms with E-state index in [1.807, 2.05) is 0 Å². The maximum absolute atomic E-state index is 14.3. The second-order valence-corrected chi connectivity index (χ2v) is 5.63. The number of hydrogen-bond donors (Lipinski definition) is 1. The Bertz CT molecular complexity index is 427. The zero-order valence-corrected chi connectivity index (χ0v) is 11.3. The van der Waals surface area contributed by atoms with Gasteiger partial charge in [0.15, 0.2) is 0 Å². The second kappa shape index (κ2) is 5.14. The highest BCUT2D eigenvalue weighted by molar-refractivity contribution is 6.30. The summed E-state index contributed by atoms with van der Waals surface area (Å²) in [6.07, 6.45) is 4.49. The van der Waals surface area contributed by atoms with Crippen LogP contribution in [-0.4, -0.2) is 6.54 Å². The number of benzene rings is 1. The lowest BCUT2D eigenvalue weighted by Gasteiger charge is -2.37. The van der Waals surface area contributed by atoms with E-state index in [0.717, 1.165) is 32.1 Å². The molecule has 1 aromatic rings. The Kier molecular flexibility index (Phi) is 3.93. The highest BCUT2D eigenvalue weighted by atomic mass is 35.5. The van der Waals surface area contributed by atoms with Gasteiger partial charge in [-0.05, 0) is 31.4 Å². The van der Waals surface area contributed by atoms with Crippen LogP contribution in [0.2, 0.25) is 5.02 Å². The van der Waals surface area contributed by atoms with Crippen molar-refractivity contribution in [1.82, 2.24) is 0 Å². The summed E-state index contributed by atoms with van der Waals surface area (Å²) in [6.45, 7) is 1.87. The van der Waals surface area contributed by atoms with Gasteiger partial charge in [0.2, 0.25) is 0 Å². The van der Waals surface area contributed by atoms with Crippen molar-refractivity contribution in [3.8, 4) is 0 Å². The molecule has 1 fully saturated rings. The molecule has 100 valence electrons. The fraction of sp³-hybridized carbons (Fsp3) is 0.571. The Balaban J connectivity index is 2.61. The molecule has 1 nitrogen and oxygen atoms in total. The molecule has 0 saturated heterocycles. The quantitative estimate of drug-likeness (QED) is 0.807. The molecule has 0 aliphatic heterocycles. The summed E-state index contributed by atoms with van der Waals surface area (Å²) in [5.41, 5.74) is 5.74. The van der Waals surface area contributed by atoms with Crippen LogP contribution in [0.1, 0.15) is 43.2 Å². The lowest BCUT2D eigenvalue weighted by Crippen LogP contribution is -2.39. The summed E-state index contributed by atoms with van der Waals surface area (Å²) >= 11 is 5.85. The molecule has 0 spiro atoms. The minimum absolute atomic E-state index is 0.0118. The molecular weight excluding hydrogens is 256 g/mol. The van der Waals surface area contributed by atoms with E-state index in [0.29, 0.717) is 5.56 Å². The predicted molar refractivity (Wildman–Crippen MR) is 69.9 cm³/mol. The third-order valence-electron chi connectivity index (χ3n) is 4.07. The van der Waals surface area contributed by atoms with E-state index in [-0.39, 0.29) is 17.1 Å². The average Bonchev–Trinajstić information content (AvgIpc) is 2.38. The molecular formula is C14H18ClF2N. The lowest BCUT2D eigenvalue weighted by atomic mass is 9.69. The van der Waals surface area contributed by atoms with Crippen LogP contribution in [-0.2, 0) is 5.41 Å². The first-order valence-electron chi connectivity index (χ1n) is 6.36. The number of hydrogen-bond acceptors (Lipinski definition) is 1. The Labute approximate surface area is 111 Å². The van der Waals surface area contributed by atoms with Gasteiger partial charge in [0, 0.05) is 17.5 Å². The molecule has 18 heavy (non-hydrogen) atoms. The van der Waals surface area contributed by atoms with Gasteiger partial charge in [-0.1, -0.05) is 30.9 Å². The smallest absolute Gasteiger partial charge is 0.148 e. The molecule has 0 atom stereocenters. The maximum Gasteiger partial charge on any atom is 0.148 e. The van der Waals surface area contributed by atoms with Crippen LogP contribution in [0, 0.1) is 18.6 Å². The van der Waals surface area contributed by atoms with Gasteiger partial charge >= 0.3 is 0 Å². The van der Waals surface area contributed by atoms with Crippen LogP contribution in [0.15, 0.2) is 6.07 Å². The Morgan fingerprint density at radius 3 is 2.39 bits per heavy atom. The van der Waals surface area contributed by atoms with Crippen molar-refractivity contribution >= 4 is 11.6 Å². The van der Waals surface area contributed by atoms with Crippen molar-refractivity contribution in [2.24, 2.45) is 5.73 Å². The number of halogens is 3. The van der Waals surface area contributed by atoms with E-state index in [1.165, 1.54) is 6.07 Å². The fourth-order valence-corrected chi connectivity index (χ4v) is 3.24. The molecule has 1 aliphatic rings. The summed E-state index contributed by atoms with van der Waals surface area (Å²) in [5, 5.41) is -0.0118.